The summed E-state index contributed by atoms with van der Waals surface area (Å²) in [6.45, 7) is 0.282. The maximum atomic E-state index is 12.2. The maximum absolute atomic E-state index is 12.2. The van der Waals surface area contributed by atoms with Crippen molar-refractivity contribution in [3.05, 3.63) is 50.1 Å². The Morgan fingerprint density at radius 3 is 2.58 bits per heavy atom. The van der Waals surface area contributed by atoms with E-state index < -0.39 is 0 Å². The Hall–Kier alpha value is -1.66. The number of amides is 2. The van der Waals surface area contributed by atoms with E-state index in [4.69, 9.17) is 5.73 Å². The maximum Gasteiger partial charge on any atom is 0.261 e. The van der Waals surface area contributed by atoms with Gasteiger partial charge in [-0.25, -0.2) is 0 Å². The molecule has 4 nitrogen and oxygen atoms in total. The predicted molar refractivity (Wildman–Crippen MR) is 77.1 cm³/mol. The first kappa shape index (κ1) is 12.4. The third-order valence-corrected chi connectivity index (χ3v) is 4.90. The predicted octanol–water partition coefficient (Wildman–Crippen LogP) is 2.89. The Morgan fingerprint density at radius 2 is 1.89 bits per heavy atom. The van der Waals surface area contributed by atoms with Crippen molar-refractivity contribution >= 4 is 44.8 Å². The van der Waals surface area contributed by atoms with Gasteiger partial charge in [0.1, 0.15) is 0 Å². The zero-order chi connectivity index (χ0) is 13.6. The zero-order valence-corrected chi connectivity index (χ0v) is 12.1. The Bertz CT molecular complexity index is 696. The summed E-state index contributed by atoms with van der Waals surface area (Å²) in [6, 6.07) is 6.69. The van der Waals surface area contributed by atoms with Crippen LogP contribution in [0, 0.1) is 0 Å². The second-order valence-corrected chi connectivity index (χ2v) is 6.05. The molecular weight excluding hydrogens is 328 g/mol. The zero-order valence-electron chi connectivity index (χ0n) is 9.72. The Kier molecular flexibility index (Phi) is 2.91. The molecule has 1 aliphatic heterocycles. The van der Waals surface area contributed by atoms with Crippen molar-refractivity contribution in [2.45, 2.75) is 6.54 Å². The number of nitrogen functional groups attached to an aromatic ring is 1. The van der Waals surface area contributed by atoms with Crippen LogP contribution in [0.5, 0.6) is 0 Å². The summed E-state index contributed by atoms with van der Waals surface area (Å²) in [7, 11) is 0. The van der Waals surface area contributed by atoms with Crippen LogP contribution in [-0.4, -0.2) is 16.7 Å². The van der Waals surface area contributed by atoms with Crippen LogP contribution in [0.3, 0.4) is 0 Å². The van der Waals surface area contributed by atoms with Crippen LogP contribution in [0.1, 0.15) is 25.6 Å². The number of nitrogens with zero attached hydrogens (tertiary/aromatic N) is 1. The second-order valence-electron chi connectivity index (χ2n) is 4.19. The summed E-state index contributed by atoms with van der Waals surface area (Å²) in [5.41, 5.74) is 6.95. The number of carbonyl (C=O) groups is 2. The lowest BCUT2D eigenvalue weighted by Gasteiger charge is -2.12. The quantitative estimate of drug-likeness (QED) is 0.677. The first-order valence-electron chi connectivity index (χ1n) is 5.55. The fraction of sp³-hybridized carbons (Fsp3) is 0.0769. The molecule has 6 heteroatoms. The summed E-state index contributed by atoms with van der Waals surface area (Å²) in [5, 5.41) is 1.91. The summed E-state index contributed by atoms with van der Waals surface area (Å²) in [6.07, 6.45) is 0. The van der Waals surface area contributed by atoms with E-state index in [1.54, 1.807) is 18.2 Å². The number of nitrogens with two attached hydrogens (primary N) is 1. The van der Waals surface area contributed by atoms with Crippen molar-refractivity contribution in [3.63, 3.8) is 0 Å². The summed E-state index contributed by atoms with van der Waals surface area (Å²) >= 11 is 4.91. The molecule has 0 spiro atoms. The van der Waals surface area contributed by atoms with Gasteiger partial charge in [-0.3, -0.25) is 14.5 Å². The van der Waals surface area contributed by atoms with Gasteiger partial charge in [-0.05, 0) is 45.6 Å². The van der Waals surface area contributed by atoms with Crippen molar-refractivity contribution in [3.8, 4) is 0 Å². The van der Waals surface area contributed by atoms with Gasteiger partial charge >= 0.3 is 0 Å². The molecule has 1 aliphatic rings. The van der Waals surface area contributed by atoms with E-state index in [-0.39, 0.29) is 18.4 Å². The highest BCUT2D eigenvalue weighted by Crippen LogP contribution is 2.30. The van der Waals surface area contributed by atoms with Gasteiger partial charge in [0.25, 0.3) is 11.8 Å². The molecule has 0 bridgehead atoms. The molecule has 2 N–H and O–H groups in total. The number of hydrogen-bond donors (Lipinski definition) is 1. The Balaban J connectivity index is 1.97. The van der Waals surface area contributed by atoms with Crippen LogP contribution in [0.4, 0.5) is 5.69 Å². The molecule has 2 heterocycles. The smallest absolute Gasteiger partial charge is 0.261 e. The molecule has 2 aromatic rings. The number of anilines is 1. The van der Waals surface area contributed by atoms with Gasteiger partial charge in [-0.1, -0.05) is 0 Å². The number of carbonyl (C=O) groups excluding carboxylic acids is 2. The SMILES string of the molecule is Nc1ccc2c(c1)C(=O)N(Cc1sccc1Br)C2=O. The fourth-order valence-corrected chi connectivity index (χ4v) is 3.50. The monoisotopic (exact) mass is 336 g/mol. The van der Waals surface area contributed by atoms with E-state index in [0.29, 0.717) is 16.8 Å². The Labute approximate surface area is 122 Å². The fourth-order valence-electron chi connectivity index (χ4n) is 2.03. The third kappa shape index (κ3) is 1.97. The van der Waals surface area contributed by atoms with Crippen LogP contribution in [-0.2, 0) is 6.54 Å². The van der Waals surface area contributed by atoms with Crippen molar-refractivity contribution in [1.82, 2.24) is 4.90 Å². The van der Waals surface area contributed by atoms with Gasteiger partial charge in [0.2, 0.25) is 0 Å². The van der Waals surface area contributed by atoms with E-state index in [1.807, 2.05) is 11.4 Å². The molecule has 0 unspecified atom stereocenters. The lowest BCUT2D eigenvalue weighted by Crippen LogP contribution is -2.28. The normalized spacial score (nSPS) is 14.1. The number of benzene rings is 1. The van der Waals surface area contributed by atoms with Crippen molar-refractivity contribution in [1.29, 1.82) is 0 Å². The second kappa shape index (κ2) is 4.47. The molecule has 0 radical (unpaired) electrons. The van der Waals surface area contributed by atoms with E-state index in [1.165, 1.54) is 16.2 Å². The van der Waals surface area contributed by atoms with Crippen LogP contribution < -0.4 is 5.73 Å². The molecular formula is C13H9BrN2O2S. The first-order chi connectivity index (χ1) is 9.08. The minimum Gasteiger partial charge on any atom is -0.399 e. The average Bonchev–Trinajstić information content (AvgIpc) is 2.88. The molecule has 96 valence electrons. The third-order valence-electron chi connectivity index (χ3n) is 2.99. The highest BCUT2D eigenvalue weighted by Gasteiger charge is 2.35. The molecule has 3 rings (SSSR count). The number of thiophene rings is 1. The van der Waals surface area contributed by atoms with Gasteiger partial charge < -0.3 is 5.73 Å². The van der Waals surface area contributed by atoms with E-state index in [9.17, 15) is 9.59 Å². The molecule has 0 atom stereocenters. The summed E-state index contributed by atoms with van der Waals surface area (Å²) in [4.78, 5) is 26.6. The van der Waals surface area contributed by atoms with Crippen molar-refractivity contribution in [2.24, 2.45) is 0 Å². The van der Waals surface area contributed by atoms with E-state index >= 15 is 0 Å². The topological polar surface area (TPSA) is 63.4 Å². The molecule has 19 heavy (non-hydrogen) atoms. The lowest BCUT2D eigenvalue weighted by molar-refractivity contribution is 0.0643. The van der Waals surface area contributed by atoms with Crippen LogP contribution in [0.2, 0.25) is 0 Å². The van der Waals surface area contributed by atoms with Crippen molar-refractivity contribution in [2.75, 3.05) is 5.73 Å². The van der Waals surface area contributed by atoms with Gasteiger partial charge in [0, 0.05) is 15.0 Å². The summed E-state index contributed by atoms with van der Waals surface area (Å²) < 4.78 is 0.911. The van der Waals surface area contributed by atoms with Crippen LogP contribution in [0.15, 0.2) is 34.1 Å². The standard InChI is InChI=1S/C13H9BrN2O2S/c14-10-3-4-19-11(10)6-16-12(17)8-2-1-7(15)5-9(8)13(16)18/h1-5H,6,15H2. The van der Waals surface area contributed by atoms with Crippen molar-refractivity contribution < 1.29 is 9.59 Å². The number of halogens is 1. The van der Waals surface area contributed by atoms with Crippen LogP contribution >= 0.6 is 27.3 Å². The minimum absolute atomic E-state index is 0.264. The summed E-state index contributed by atoms with van der Waals surface area (Å²) in [5.74, 6) is -0.548. The highest BCUT2D eigenvalue weighted by atomic mass is 79.9. The molecule has 1 aromatic heterocycles. The van der Waals surface area contributed by atoms with E-state index in [2.05, 4.69) is 15.9 Å². The van der Waals surface area contributed by atoms with Gasteiger partial charge in [-0.2, -0.15) is 0 Å². The lowest BCUT2D eigenvalue weighted by atomic mass is 10.1. The molecule has 0 aliphatic carbocycles. The molecule has 0 fully saturated rings. The number of rotatable bonds is 2. The molecule has 1 aromatic carbocycles. The van der Waals surface area contributed by atoms with Gasteiger partial charge in [0.05, 0.1) is 17.7 Å². The number of imide groups is 1. The number of fused-ring (bicyclic) bond motifs is 1. The van der Waals surface area contributed by atoms with Gasteiger partial charge in [-0.15, -0.1) is 11.3 Å². The largest absolute Gasteiger partial charge is 0.399 e. The molecule has 2 amide bonds. The van der Waals surface area contributed by atoms with E-state index in [0.717, 1.165) is 9.35 Å². The minimum atomic E-state index is -0.285. The number of hydrogen-bond acceptors (Lipinski definition) is 4. The molecule has 0 saturated carbocycles. The average molecular weight is 337 g/mol. The highest BCUT2D eigenvalue weighted by molar-refractivity contribution is 9.10. The Morgan fingerprint density at radius 1 is 1.16 bits per heavy atom. The van der Waals surface area contributed by atoms with Crippen LogP contribution in [0.25, 0.3) is 0 Å². The first-order valence-corrected chi connectivity index (χ1v) is 7.23. The molecule has 0 saturated heterocycles. The van der Waals surface area contributed by atoms with Gasteiger partial charge in [0.15, 0.2) is 0 Å².